The Bertz CT molecular complexity index is 1060. The Morgan fingerprint density at radius 2 is 1.80 bits per heavy atom. The highest BCUT2D eigenvalue weighted by Gasteiger charge is 2.08. The highest BCUT2D eigenvalue weighted by Crippen LogP contribution is 2.26. The number of halogens is 1. The smallest absolute Gasteiger partial charge is 0.227 e. The predicted octanol–water partition coefficient (Wildman–Crippen LogP) is 5.69. The molecule has 4 heteroatoms. The summed E-state index contributed by atoms with van der Waals surface area (Å²) in [4.78, 5) is 8.83. The number of fused-ring (bicyclic) bond motifs is 1. The van der Waals surface area contributed by atoms with Gasteiger partial charge in [0.05, 0.1) is 5.69 Å². The van der Waals surface area contributed by atoms with E-state index in [9.17, 15) is 4.39 Å². The second-order valence-corrected chi connectivity index (χ2v) is 5.82. The number of aromatic nitrogens is 1. The van der Waals surface area contributed by atoms with E-state index >= 15 is 0 Å². The minimum absolute atomic E-state index is 0.287. The van der Waals surface area contributed by atoms with Gasteiger partial charge in [0, 0.05) is 17.3 Å². The van der Waals surface area contributed by atoms with Crippen molar-refractivity contribution in [2.75, 3.05) is 0 Å². The molecule has 0 saturated heterocycles. The molecule has 0 spiro atoms. The summed E-state index contributed by atoms with van der Waals surface area (Å²) in [7, 11) is 0. The molecule has 1 aromatic heterocycles. The van der Waals surface area contributed by atoms with Crippen LogP contribution in [0.2, 0.25) is 0 Å². The minimum atomic E-state index is -0.287. The summed E-state index contributed by atoms with van der Waals surface area (Å²) in [6.07, 6.45) is 1.52. The molecule has 0 unspecified atom stereocenters. The van der Waals surface area contributed by atoms with Crippen molar-refractivity contribution in [1.29, 1.82) is 0 Å². The van der Waals surface area contributed by atoms with Crippen LogP contribution in [0, 0.1) is 12.7 Å². The van der Waals surface area contributed by atoms with Gasteiger partial charge in [-0.3, -0.25) is 4.99 Å². The molecule has 0 aliphatic rings. The number of rotatable bonds is 3. The molecule has 4 rings (SSSR count). The fourth-order valence-electron chi connectivity index (χ4n) is 2.57. The van der Waals surface area contributed by atoms with Crippen LogP contribution in [-0.2, 0) is 0 Å². The molecule has 122 valence electrons. The molecule has 0 atom stereocenters. The second kappa shape index (κ2) is 6.32. The number of oxazole rings is 1. The normalized spacial score (nSPS) is 11.4. The summed E-state index contributed by atoms with van der Waals surface area (Å²) in [5, 5.41) is 0. The SMILES string of the molecule is Cc1ccc2oc(-c3ccc(N=Cc4ccccc4F)cc3)nc2c1. The summed E-state index contributed by atoms with van der Waals surface area (Å²) < 4.78 is 19.4. The fourth-order valence-corrected chi connectivity index (χ4v) is 2.57. The van der Waals surface area contributed by atoms with Crippen LogP contribution >= 0.6 is 0 Å². The molecule has 25 heavy (non-hydrogen) atoms. The fraction of sp³-hybridized carbons (Fsp3) is 0.0476. The van der Waals surface area contributed by atoms with Crippen LogP contribution in [0.5, 0.6) is 0 Å². The van der Waals surface area contributed by atoms with Crippen molar-refractivity contribution in [3.8, 4) is 11.5 Å². The van der Waals surface area contributed by atoms with Gasteiger partial charge in [0.15, 0.2) is 5.58 Å². The largest absolute Gasteiger partial charge is 0.436 e. The summed E-state index contributed by atoms with van der Waals surface area (Å²) in [5.41, 5.74) is 4.82. The maximum absolute atomic E-state index is 13.6. The van der Waals surface area contributed by atoms with Crippen molar-refractivity contribution in [2.24, 2.45) is 4.99 Å². The molecule has 0 aliphatic heterocycles. The highest BCUT2D eigenvalue weighted by atomic mass is 19.1. The van der Waals surface area contributed by atoms with Crippen LogP contribution in [-0.4, -0.2) is 11.2 Å². The van der Waals surface area contributed by atoms with Gasteiger partial charge in [-0.2, -0.15) is 0 Å². The molecule has 0 amide bonds. The predicted molar refractivity (Wildman–Crippen MR) is 97.8 cm³/mol. The van der Waals surface area contributed by atoms with Crippen LogP contribution in [0.4, 0.5) is 10.1 Å². The monoisotopic (exact) mass is 330 g/mol. The Balaban J connectivity index is 1.60. The first-order chi connectivity index (χ1) is 12.2. The van der Waals surface area contributed by atoms with Gasteiger partial charge in [-0.15, -0.1) is 0 Å². The van der Waals surface area contributed by atoms with Crippen LogP contribution in [0.25, 0.3) is 22.6 Å². The van der Waals surface area contributed by atoms with Gasteiger partial charge in [-0.1, -0.05) is 24.3 Å². The van der Waals surface area contributed by atoms with Crippen LogP contribution in [0.15, 0.2) is 76.1 Å². The van der Waals surface area contributed by atoms with E-state index in [0.29, 0.717) is 11.5 Å². The lowest BCUT2D eigenvalue weighted by molar-refractivity contribution is 0.620. The molecule has 4 aromatic rings. The molecule has 0 aliphatic carbocycles. The van der Waals surface area contributed by atoms with Crippen molar-refractivity contribution in [3.63, 3.8) is 0 Å². The Morgan fingerprint density at radius 1 is 1.00 bits per heavy atom. The lowest BCUT2D eigenvalue weighted by Gasteiger charge is -1.98. The summed E-state index contributed by atoms with van der Waals surface area (Å²) in [6, 6.07) is 20.0. The van der Waals surface area contributed by atoms with Crippen LogP contribution in [0.3, 0.4) is 0 Å². The van der Waals surface area contributed by atoms with E-state index in [1.807, 2.05) is 49.4 Å². The third-order valence-corrected chi connectivity index (χ3v) is 3.92. The zero-order valence-corrected chi connectivity index (χ0v) is 13.6. The quantitative estimate of drug-likeness (QED) is 0.452. The lowest BCUT2D eigenvalue weighted by Crippen LogP contribution is -1.86. The molecule has 3 aromatic carbocycles. The standard InChI is InChI=1S/C21H15FN2O/c1-14-6-11-20-19(12-14)24-21(25-20)15-7-9-17(10-8-15)23-13-16-4-2-3-5-18(16)22/h2-13H,1H3. The molecule has 0 fully saturated rings. The second-order valence-electron chi connectivity index (χ2n) is 5.82. The van der Waals surface area contributed by atoms with Gasteiger partial charge in [0.2, 0.25) is 5.89 Å². The molecule has 0 N–H and O–H groups in total. The zero-order chi connectivity index (χ0) is 17.2. The van der Waals surface area contributed by atoms with E-state index in [1.165, 1.54) is 12.3 Å². The topological polar surface area (TPSA) is 38.4 Å². The summed E-state index contributed by atoms with van der Waals surface area (Å²) in [5.74, 6) is 0.287. The van der Waals surface area contributed by atoms with Crippen LogP contribution in [0.1, 0.15) is 11.1 Å². The van der Waals surface area contributed by atoms with E-state index in [2.05, 4.69) is 9.98 Å². The van der Waals surface area contributed by atoms with Crippen molar-refractivity contribution in [2.45, 2.75) is 6.92 Å². The van der Waals surface area contributed by atoms with Gasteiger partial charge in [-0.05, 0) is 55.0 Å². The van der Waals surface area contributed by atoms with E-state index in [1.54, 1.807) is 18.2 Å². The van der Waals surface area contributed by atoms with E-state index < -0.39 is 0 Å². The molecular weight excluding hydrogens is 315 g/mol. The number of hydrogen-bond acceptors (Lipinski definition) is 3. The third-order valence-electron chi connectivity index (χ3n) is 3.92. The Kier molecular flexibility index (Phi) is 3.86. The van der Waals surface area contributed by atoms with Gasteiger partial charge in [0.1, 0.15) is 11.3 Å². The van der Waals surface area contributed by atoms with Crippen molar-refractivity contribution < 1.29 is 8.81 Å². The third kappa shape index (κ3) is 3.19. The Labute approximate surface area is 144 Å². The maximum atomic E-state index is 13.6. The van der Waals surface area contributed by atoms with Gasteiger partial charge < -0.3 is 4.42 Å². The Morgan fingerprint density at radius 3 is 2.60 bits per heavy atom. The van der Waals surface area contributed by atoms with Crippen molar-refractivity contribution >= 4 is 23.0 Å². The number of aliphatic imine (C=N–C) groups is 1. The first-order valence-corrected chi connectivity index (χ1v) is 7.95. The van der Waals surface area contributed by atoms with Crippen LogP contribution < -0.4 is 0 Å². The molecule has 1 heterocycles. The van der Waals surface area contributed by atoms with Gasteiger partial charge >= 0.3 is 0 Å². The first kappa shape index (κ1) is 15.3. The van der Waals surface area contributed by atoms with E-state index in [0.717, 1.165) is 27.9 Å². The summed E-state index contributed by atoms with van der Waals surface area (Å²) >= 11 is 0. The molecule has 0 bridgehead atoms. The average Bonchev–Trinajstić information content (AvgIpc) is 3.04. The number of hydrogen-bond donors (Lipinski definition) is 0. The maximum Gasteiger partial charge on any atom is 0.227 e. The summed E-state index contributed by atoms with van der Waals surface area (Å²) in [6.45, 7) is 2.02. The van der Waals surface area contributed by atoms with Gasteiger partial charge in [-0.25, -0.2) is 9.37 Å². The zero-order valence-electron chi connectivity index (χ0n) is 13.6. The molecular formula is C21H15FN2O. The van der Waals surface area contributed by atoms with E-state index in [-0.39, 0.29) is 5.82 Å². The average molecular weight is 330 g/mol. The molecule has 0 radical (unpaired) electrons. The molecule has 3 nitrogen and oxygen atoms in total. The van der Waals surface area contributed by atoms with Crippen molar-refractivity contribution in [3.05, 3.63) is 83.7 Å². The number of aryl methyl sites for hydroxylation is 1. The Hall–Kier alpha value is -3.27. The van der Waals surface area contributed by atoms with Gasteiger partial charge in [0.25, 0.3) is 0 Å². The van der Waals surface area contributed by atoms with E-state index in [4.69, 9.17) is 4.42 Å². The molecule has 0 saturated carbocycles. The minimum Gasteiger partial charge on any atom is -0.436 e. The number of nitrogens with zero attached hydrogens (tertiary/aromatic N) is 2. The van der Waals surface area contributed by atoms with Crippen molar-refractivity contribution in [1.82, 2.24) is 4.98 Å². The highest BCUT2D eigenvalue weighted by molar-refractivity contribution is 5.82. The first-order valence-electron chi connectivity index (χ1n) is 7.95. The lowest BCUT2D eigenvalue weighted by atomic mass is 10.2. The number of benzene rings is 3.